The lowest BCUT2D eigenvalue weighted by Gasteiger charge is -2.10. The van der Waals surface area contributed by atoms with Crippen LogP contribution in [0.25, 0.3) is 16.7 Å². The van der Waals surface area contributed by atoms with E-state index >= 15 is 0 Å². The van der Waals surface area contributed by atoms with Gasteiger partial charge in [-0.05, 0) is 12.1 Å². The molecule has 3 aromatic heterocycles. The van der Waals surface area contributed by atoms with E-state index in [1.54, 1.807) is 36.3 Å². The topological polar surface area (TPSA) is 96.7 Å². The lowest BCUT2D eigenvalue weighted by atomic mass is 10.1. The normalized spacial score (nSPS) is 10.6. The first-order valence-electron chi connectivity index (χ1n) is 5.75. The fourth-order valence-electron chi connectivity index (χ4n) is 2.17. The molecule has 0 aromatic carbocycles. The second kappa shape index (κ2) is 4.20. The monoisotopic (exact) mass is 267 g/mol. The van der Waals surface area contributed by atoms with E-state index in [9.17, 15) is 9.90 Å². The van der Waals surface area contributed by atoms with Gasteiger partial charge >= 0.3 is 5.97 Å². The van der Waals surface area contributed by atoms with Crippen molar-refractivity contribution in [2.75, 3.05) is 0 Å². The molecule has 0 spiro atoms. The maximum absolute atomic E-state index is 11.4. The molecule has 0 fully saturated rings. The van der Waals surface area contributed by atoms with E-state index in [0.29, 0.717) is 22.4 Å². The predicted octanol–water partition coefficient (Wildman–Crippen LogP) is 1.33. The van der Waals surface area contributed by atoms with Crippen LogP contribution in [0.4, 0.5) is 0 Å². The van der Waals surface area contributed by atoms with E-state index in [0.717, 1.165) is 0 Å². The Morgan fingerprint density at radius 1 is 1.45 bits per heavy atom. The SMILES string of the molecule is Cn1ncc2c(-n3cccc3C#N)c(C(=O)O)cnc21. The van der Waals surface area contributed by atoms with Gasteiger partial charge in [0.25, 0.3) is 0 Å². The van der Waals surface area contributed by atoms with E-state index in [1.165, 1.54) is 10.8 Å². The second-order valence-electron chi connectivity index (χ2n) is 4.21. The van der Waals surface area contributed by atoms with Gasteiger partial charge in [-0.25, -0.2) is 9.78 Å². The van der Waals surface area contributed by atoms with Gasteiger partial charge in [0.1, 0.15) is 17.3 Å². The Morgan fingerprint density at radius 2 is 2.25 bits per heavy atom. The second-order valence-corrected chi connectivity index (χ2v) is 4.21. The van der Waals surface area contributed by atoms with Gasteiger partial charge < -0.3 is 9.67 Å². The number of rotatable bonds is 2. The molecule has 0 amide bonds. The maximum atomic E-state index is 11.4. The first-order chi connectivity index (χ1) is 9.63. The summed E-state index contributed by atoms with van der Waals surface area (Å²) in [6, 6.07) is 5.34. The van der Waals surface area contributed by atoms with Crippen LogP contribution in [0.2, 0.25) is 0 Å². The first kappa shape index (κ1) is 11.9. The van der Waals surface area contributed by atoms with Crippen LogP contribution >= 0.6 is 0 Å². The van der Waals surface area contributed by atoms with E-state index in [4.69, 9.17) is 5.26 Å². The van der Waals surface area contributed by atoms with Gasteiger partial charge in [0.2, 0.25) is 0 Å². The largest absolute Gasteiger partial charge is 0.478 e. The standard InChI is InChI=1S/C13H9N5O2/c1-17-12-9(7-16-17)11(10(6-15-12)13(19)20)18-4-2-3-8(18)5-14/h2-4,6-7H,1H3,(H,19,20). The van der Waals surface area contributed by atoms with Crippen molar-refractivity contribution in [2.45, 2.75) is 0 Å². The van der Waals surface area contributed by atoms with Crippen LogP contribution in [0.5, 0.6) is 0 Å². The van der Waals surface area contributed by atoms with Crippen molar-refractivity contribution in [1.29, 1.82) is 5.26 Å². The average Bonchev–Trinajstić information content (AvgIpc) is 3.04. The van der Waals surface area contributed by atoms with Crippen LogP contribution in [-0.2, 0) is 7.05 Å². The minimum atomic E-state index is -1.10. The summed E-state index contributed by atoms with van der Waals surface area (Å²) in [7, 11) is 1.72. The summed E-state index contributed by atoms with van der Waals surface area (Å²) in [4.78, 5) is 15.5. The number of carbonyl (C=O) groups is 1. The third kappa shape index (κ3) is 1.55. The number of hydrogen-bond donors (Lipinski definition) is 1. The van der Waals surface area contributed by atoms with Crippen molar-refractivity contribution >= 4 is 17.0 Å². The van der Waals surface area contributed by atoms with Crippen LogP contribution in [0.3, 0.4) is 0 Å². The smallest absolute Gasteiger partial charge is 0.339 e. The quantitative estimate of drug-likeness (QED) is 0.755. The molecule has 20 heavy (non-hydrogen) atoms. The number of pyridine rings is 1. The number of carboxylic acids is 1. The Labute approximate surface area is 113 Å². The molecule has 0 bridgehead atoms. The van der Waals surface area contributed by atoms with E-state index in [2.05, 4.69) is 10.1 Å². The molecule has 0 unspecified atom stereocenters. The molecular weight excluding hydrogens is 258 g/mol. The molecule has 0 saturated heterocycles. The maximum Gasteiger partial charge on any atom is 0.339 e. The molecule has 0 radical (unpaired) electrons. The highest BCUT2D eigenvalue weighted by Crippen LogP contribution is 2.25. The molecule has 1 N–H and O–H groups in total. The van der Waals surface area contributed by atoms with Crippen molar-refractivity contribution in [3.05, 3.63) is 42.0 Å². The number of carboxylic acid groups (broad SMARTS) is 1. The predicted molar refractivity (Wildman–Crippen MR) is 69.5 cm³/mol. The summed E-state index contributed by atoms with van der Waals surface area (Å²) in [5, 5.41) is 23.1. The molecule has 0 saturated carbocycles. The Morgan fingerprint density at radius 3 is 2.95 bits per heavy atom. The molecule has 0 aliphatic carbocycles. The van der Waals surface area contributed by atoms with Gasteiger partial charge in [-0.1, -0.05) is 0 Å². The van der Waals surface area contributed by atoms with Crippen molar-refractivity contribution in [1.82, 2.24) is 19.3 Å². The Hall–Kier alpha value is -3.14. The number of fused-ring (bicyclic) bond motifs is 1. The van der Waals surface area contributed by atoms with Crippen LogP contribution in [0, 0.1) is 11.3 Å². The summed E-state index contributed by atoms with van der Waals surface area (Å²) in [6.07, 6.45) is 4.47. The highest BCUT2D eigenvalue weighted by molar-refractivity contribution is 5.99. The Kier molecular flexibility index (Phi) is 2.51. The van der Waals surface area contributed by atoms with Crippen LogP contribution in [0.15, 0.2) is 30.7 Å². The number of hydrogen-bond acceptors (Lipinski definition) is 4. The molecule has 0 aliphatic rings. The zero-order valence-corrected chi connectivity index (χ0v) is 10.5. The highest BCUT2D eigenvalue weighted by Gasteiger charge is 2.19. The molecule has 3 rings (SSSR count). The summed E-state index contributed by atoms with van der Waals surface area (Å²) in [6.45, 7) is 0. The lowest BCUT2D eigenvalue weighted by molar-refractivity contribution is 0.0696. The summed E-state index contributed by atoms with van der Waals surface area (Å²) in [5.41, 5.74) is 1.33. The summed E-state index contributed by atoms with van der Waals surface area (Å²) < 4.78 is 3.09. The van der Waals surface area contributed by atoms with Crippen LogP contribution in [-0.4, -0.2) is 30.4 Å². The van der Waals surface area contributed by atoms with Crippen LogP contribution in [0.1, 0.15) is 16.1 Å². The number of aryl methyl sites for hydroxylation is 1. The first-order valence-corrected chi connectivity index (χ1v) is 5.75. The number of aromatic carboxylic acids is 1. The molecule has 3 heterocycles. The summed E-state index contributed by atoms with van der Waals surface area (Å²) >= 11 is 0. The third-order valence-electron chi connectivity index (χ3n) is 3.07. The minimum Gasteiger partial charge on any atom is -0.478 e. The zero-order valence-electron chi connectivity index (χ0n) is 10.5. The van der Waals surface area contributed by atoms with Crippen molar-refractivity contribution in [3.8, 4) is 11.8 Å². The molecule has 7 heteroatoms. The minimum absolute atomic E-state index is 0.0261. The van der Waals surface area contributed by atoms with Crippen LogP contribution < -0.4 is 0 Å². The molecule has 98 valence electrons. The van der Waals surface area contributed by atoms with Crippen molar-refractivity contribution in [3.63, 3.8) is 0 Å². The van der Waals surface area contributed by atoms with Gasteiger partial charge in [-0.3, -0.25) is 4.68 Å². The van der Waals surface area contributed by atoms with Crippen molar-refractivity contribution < 1.29 is 9.90 Å². The van der Waals surface area contributed by atoms with E-state index in [1.807, 2.05) is 6.07 Å². The van der Waals surface area contributed by atoms with E-state index in [-0.39, 0.29) is 5.56 Å². The van der Waals surface area contributed by atoms with Gasteiger partial charge in [0.15, 0.2) is 5.65 Å². The number of aromatic nitrogens is 4. The molecule has 7 nitrogen and oxygen atoms in total. The molecular formula is C13H9N5O2. The fraction of sp³-hybridized carbons (Fsp3) is 0.0769. The highest BCUT2D eigenvalue weighted by atomic mass is 16.4. The van der Waals surface area contributed by atoms with Gasteiger partial charge in [0, 0.05) is 19.4 Å². The fourth-order valence-corrected chi connectivity index (χ4v) is 2.17. The molecule has 0 atom stereocenters. The van der Waals surface area contributed by atoms with E-state index < -0.39 is 5.97 Å². The lowest BCUT2D eigenvalue weighted by Crippen LogP contribution is -2.08. The van der Waals surface area contributed by atoms with Gasteiger partial charge in [0.05, 0.1) is 17.3 Å². The third-order valence-corrected chi connectivity index (χ3v) is 3.07. The Balaban J connectivity index is 2.46. The van der Waals surface area contributed by atoms with Gasteiger partial charge in [-0.15, -0.1) is 0 Å². The number of nitriles is 1. The molecule has 3 aromatic rings. The average molecular weight is 267 g/mol. The summed E-state index contributed by atoms with van der Waals surface area (Å²) in [5.74, 6) is -1.10. The van der Waals surface area contributed by atoms with Crippen molar-refractivity contribution in [2.24, 2.45) is 7.05 Å². The van der Waals surface area contributed by atoms with Gasteiger partial charge in [-0.2, -0.15) is 10.4 Å². The number of nitrogens with zero attached hydrogens (tertiary/aromatic N) is 5. The zero-order chi connectivity index (χ0) is 14.3. The molecule has 0 aliphatic heterocycles. The Bertz CT molecular complexity index is 869.